The van der Waals surface area contributed by atoms with Gasteiger partial charge >= 0.3 is 0 Å². The van der Waals surface area contributed by atoms with Crippen LogP contribution in [0.4, 0.5) is 5.82 Å². The zero-order valence-corrected chi connectivity index (χ0v) is 18.8. The van der Waals surface area contributed by atoms with Crippen LogP contribution in [-0.2, 0) is 17.9 Å². The zero-order valence-electron chi connectivity index (χ0n) is 18.0. The maximum Gasteiger partial charge on any atom is 0.163 e. The van der Waals surface area contributed by atoms with Gasteiger partial charge in [0.1, 0.15) is 10.6 Å². The molecule has 0 atom stereocenters. The number of likely N-dealkylation sites (N-methyl/N-ethyl adjacent to an activating group) is 1. The molecule has 0 unspecified atom stereocenters. The largest absolute Gasteiger partial charge is 0.392 e. The van der Waals surface area contributed by atoms with E-state index >= 15 is 0 Å². The number of fused-ring (bicyclic) bond motifs is 1. The van der Waals surface area contributed by atoms with Gasteiger partial charge in [-0.15, -0.1) is 11.3 Å². The van der Waals surface area contributed by atoms with Gasteiger partial charge in [-0.3, -0.25) is 4.90 Å². The number of nitrogens with zero attached hydrogens (tertiary/aromatic N) is 5. The third kappa shape index (κ3) is 4.58. The molecule has 0 saturated carbocycles. The first-order valence-electron chi connectivity index (χ1n) is 10.9. The summed E-state index contributed by atoms with van der Waals surface area (Å²) in [4.78, 5) is 19.5. The highest BCUT2D eigenvalue weighted by atomic mass is 32.1. The second-order valence-corrected chi connectivity index (χ2v) is 9.45. The monoisotopic (exact) mass is 439 g/mol. The van der Waals surface area contributed by atoms with Gasteiger partial charge in [-0.1, -0.05) is 18.2 Å². The van der Waals surface area contributed by atoms with Crippen molar-refractivity contribution >= 4 is 27.4 Å². The summed E-state index contributed by atoms with van der Waals surface area (Å²) < 4.78 is 5.57. The van der Waals surface area contributed by atoms with Gasteiger partial charge in [-0.05, 0) is 24.7 Å². The summed E-state index contributed by atoms with van der Waals surface area (Å²) in [6, 6.07) is 10.2. The SMILES string of the molecule is CN1CCN(Cc2cc3c(N4CCOCC4)nc(-c4cccc(CO)c4)nc3s2)CC1. The molecule has 0 spiro atoms. The van der Waals surface area contributed by atoms with Crippen LogP contribution in [-0.4, -0.2) is 84.4 Å². The van der Waals surface area contributed by atoms with Crippen molar-refractivity contribution in [3.63, 3.8) is 0 Å². The first-order chi connectivity index (χ1) is 15.2. The molecule has 2 aromatic heterocycles. The maximum atomic E-state index is 9.55. The first-order valence-corrected chi connectivity index (χ1v) is 11.8. The van der Waals surface area contributed by atoms with E-state index in [1.165, 1.54) is 4.88 Å². The van der Waals surface area contributed by atoms with E-state index in [4.69, 9.17) is 14.7 Å². The van der Waals surface area contributed by atoms with Crippen LogP contribution < -0.4 is 4.90 Å². The van der Waals surface area contributed by atoms with Crippen molar-refractivity contribution in [2.75, 3.05) is 64.4 Å². The van der Waals surface area contributed by atoms with Gasteiger partial charge in [0.2, 0.25) is 0 Å². The molecule has 2 saturated heterocycles. The number of anilines is 1. The fourth-order valence-electron chi connectivity index (χ4n) is 4.21. The molecule has 7 nitrogen and oxygen atoms in total. The molecule has 5 rings (SSSR count). The van der Waals surface area contributed by atoms with Crippen LogP contribution in [0.1, 0.15) is 10.4 Å². The first kappa shape index (κ1) is 20.8. The van der Waals surface area contributed by atoms with Gasteiger partial charge in [0.05, 0.1) is 25.2 Å². The molecule has 8 heteroatoms. The van der Waals surface area contributed by atoms with Crippen LogP contribution in [0.15, 0.2) is 30.3 Å². The molecule has 2 aliphatic rings. The highest BCUT2D eigenvalue weighted by molar-refractivity contribution is 7.18. The number of rotatable bonds is 5. The predicted octanol–water partition coefficient (Wildman–Crippen LogP) is 2.43. The number of morpholine rings is 1. The van der Waals surface area contributed by atoms with Crippen LogP contribution >= 0.6 is 11.3 Å². The highest BCUT2D eigenvalue weighted by Crippen LogP contribution is 2.34. The van der Waals surface area contributed by atoms with E-state index in [0.717, 1.165) is 92.0 Å². The van der Waals surface area contributed by atoms with E-state index in [0.29, 0.717) is 0 Å². The number of aliphatic hydroxyl groups is 1. The molecule has 0 radical (unpaired) electrons. The van der Waals surface area contributed by atoms with Gasteiger partial charge < -0.3 is 19.6 Å². The second kappa shape index (κ2) is 9.18. The molecular formula is C23H29N5O2S. The van der Waals surface area contributed by atoms with E-state index in [9.17, 15) is 5.11 Å². The molecular weight excluding hydrogens is 410 g/mol. The molecule has 164 valence electrons. The van der Waals surface area contributed by atoms with E-state index < -0.39 is 0 Å². The molecule has 1 N–H and O–H groups in total. The Labute approximate surface area is 186 Å². The minimum Gasteiger partial charge on any atom is -0.392 e. The Morgan fingerprint density at radius 1 is 1.03 bits per heavy atom. The van der Waals surface area contributed by atoms with Gasteiger partial charge in [0.15, 0.2) is 5.82 Å². The normalized spacial score (nSPS) is 18.7. The number of aromatic nitrogens is 2. The Kier molecular flexibility index (Phi) is 6.15. The molecule has 2 aliphatic heterocycles. The minimum atomic E-state index is 0.0145. The van der Waals surface area contributed by atoms with Gasteiger partial charge in [0, 0.05) is 56.3 Å². The fourth-order valence-corrected chi connectivity index (χ4v) is 5.28. The third-order valence-electron chi connectivity index (χ3n) is 6.08. The quantitative estimate of drug-likeness (QED) is 0.655. The number of thiophene rings is 1. The number of hydrogen-bond acceptors (Lipinski definition) is 8. The number of piperazine rings is 1. The second-order valence-electron chi connectivity index (χ2n) is 8.34. The summed E-state index contributed by atoms with van der Waals surface area (Å²) in [7, 11) is 2.19. The van der Waals surface area contributed by atoms with E-state index in [1.54, 1.807) is 11.3 Å². The summed E-state index contributed by atoms with van der Waals surface area (Å²) in [5, 5.41) is 10.7. The lowest BCUT2D eigenvalue weighted by molar-refractivity contribution is 0.122. The summed E-state index contributed by atoms with van der Waals surface area (Å²) in [6.45, 7) is 8.55. The minimum absolute atomic E-state index is 0.0145. The highest BCUT2D eigenvalue weighted by Gasteiger charge is 2.21. The Balaban J connectivity index is 1.52. The third-order valence-corrected chi connectivity index (χ3v) is 7.09. The number of benzene rings is 1. The molecule has 0 aliphatic carbocycles. The molecule has 3 aromatic rings. The van der Waals surface area contributed by atoms with Crippen molar-refractivity contribution in [2.45, 2.75) is 13.2 Å². The topological polar surface area (TPSA) is 65.0 Å². The Bertz CT molecular complexity index is 1040. The summed E-state index contributed by atoms with van der Waals surface area (Å²) >= 11 is 1.77. The lowest BCUT2D eigenvalue weighted by Gasteiger charge is -2.31. The average molecular weight is 440 g/mol. The molecule has 0 bridgehead atoms. The predicted molar refractivity (Wildman–Crippen MR) is 125 cm³/mol. The number of ether oxygens (including phenoxy) is 1. The van der Waals surface area contributed by atoms with Crippen LogP contribution in [0, 0.1) is 0 Å². The summed E-state index contributed by atoms with van der Waals surface area (Å²) in [6.07, 6.45) is 0. The van der Waals surface area contributed by atoms with Gasteiger partial charge in [-0.25, -0.2) is 9.97 Å². The molecule has 1 aromatic carbocycles. The van der Waals surface area contributed by atoms with Crippen molar-refractivity contribution in [3.05, 3.63) is 40.8 Å². The Morgan fingerprint density at radius 2 is 1.84 bits per heavy atom. The van der Waals surface area contributed by atoms with Crippen LogP contribution in [0.3, 0.4) is 0 Å². The number of aliphatic hydroxyl groups excluding tert-OH is 1. The van der Waals surface area contributed by atoms with Crippen molar-refractivity contribution in [3.8, 4) is 11.4 Å². The van der Waals surface area contributed by atoms with Gasteiger partial charge in [-0.2, -0.15) is 0 Å². The van der Waals surface area contributed by atoms with Crippen molar-refractivity contribution in [2.24, 2.45) is 0 Å². The van der Waals surface area contributed by atoms with Crippen molar-refractivity contribution < 1.29 is 9.84 Å². The van der Waals surface area contributed by atoms with Crippen molar-refractivity contribution in [1.29, 1.82) is 0 Å². The van der Waals surface area contributed by atoms with Crippen LogP contribution in [0.25, 0.3) is 21.6 Å². The van der Waals surface area contributed by atoms with Crippen molar-refractivity contribution in [1.82, 2.24) is 19.8 Å². The van der Waals surface area contributed by atoms with Gasteiger partial charge in [0.25, 0.3) is 0 Å². The maximum absolute atomic E-state index is 9.55. The smallest absolute Gasteiger partial charge is 0.163 e. The molecule has 0 amide bonds. The van der Waals surface area contributed by atoms with E-state index in [2.05, 4.69) is 27.8 Å². The lowest BCUT2D eigenvalue weighted by atomic mass is 10.1. The Morgan fingerprint density at radius 3 is 2.61 bits per heavy atom. The standard InChI is InChI=1S/C23H29N5O2S/c1-26-5-7-27(8-6-26)15-19-14-20-22(28-9-11-30-12-10-28)24-21(25-23(20)31-19)18-4-2-3-17(13-18)16-29/h2-4,13-14,29H,5-12,15-16H2,1H3. The van der Waals surface area contributed by atoms with E-state index in [-0.39, 0.29) is 6.61 Å². The fraction of sp³-hybridized carbons (Fsp3) is 0.478. The molecule has 4 heterocycles. The van der Waals surface area contributed by atoms with E-state index in [1.807, 2.05) is 24.3 Å². The summed E-state index contributed by atoms with van der Waals surface area (Å²) in [5.74, 6) is 1.72. The number of hydrogen-bond donors (Lipinski definition) is 1. The summed E-state index contributed by atoms with van der Waals surface area (Å²) in [5.41, 5.74) is 1.81. The average Bonchev–Trinajstić information content (AvgIpc) is 3.23. The Hall–Kier alpha value is -2.10. The zero-order chi connectivity index (χ0) is 21.2. The molecule has 2 fully saturated rings. The van der Waals surface area contributed by atoms with Crippen LogP contribution in [0.5, 0.6) is 0 Å². The lowest BCUT2D eigenvalue weighted by Crippen LogP contribution is -2.43. The van der Waals surface area contributed by atoms with Crippen LogP contribution in [0.2, 0.25) is 0 Å². The molecule has 31 heavy (non-hydrogen) atoms.